The molecule has 0 radical (unpaired) electrons. The number of hydrogen-bond acceptors (Lipinski definition) is 4. The number of ether oxygens (including phenoxy) is 2. The number of carbonyl (C=O) groups is 2. The Morgan fingerprint density at radius 2 is 2.11 bits per heavy atom. The van der Waals surface area contributed by atoms with Gasteiger partial charge >= 0.3 is 5.97 Å². The van der Waals surface area contributed by atoms with Crippen LogP contribution in [0.3, 0.4) is 0 Å². The minimum atomic E-state index is -0.316. The molecule has 0 aliphatic carbocycles. The van der Waals surface area contributed by atoms with Crippen molar-refractivity contribution >= 4 is 11.9 Å². The van der Waals surface area contributed by atoms with Gasteiger partial charge < -0.3 is 14.8 Å². The third-order valence-corrected chi connectivity index (χ3v) is 3.17. The maximum Gasteiger partial charge on any atom is 0.306 e. The van der Waals surface area contributed by atoms with Crippen LogP contribution in [0.5, 0.6) is 0 Å². The lowest BCUT2D eigenvalue weighted by molar-refractivity contribution is -0.144. The number of hydrogen-bond donors (Lipinski definition) is 1. The fourth-order valence-electron chi connectivity index (χ4n) is 2.16. The monoisotopic (exact) mass is 257 g/mol. The number of esters is 1. The first-order valence-electron chi connectivity index (χ1n) is 6.71. The average Bonchev–Trinajstić information content (AvgIpc) is 2.81. The number of amides is 1. The Hall–Kier alpha value is -1.10. The lowest BCUT2D eigenvalue weighted by Gasteiger charge is -2.17. The van der Waals surface area contributed by atoms with Crippen LogP contribution < -0.4 is 5.32 Å². The highest BCUT2D eigenvalue weighted by Gasteiger charge is 2.26. The van der Waals surface area contributed by atoms with Crippen LogP contribution in [0.15, 0.2) is 0 Å². The third kappa shape index (κ3) is 5.04. The van der Waals surface area contributed by atoms with E-state index in [9.17, 15) is 9.59 Å². The lowest BCUT2D eigenvalue weighted by atomic mass is 10.00. The molecule has 1 amide bonds. The summed E-state index contributed by atoms with van der Waals surface area (Å²) in [5.74, 6) is -0.00497. The third-order valence-electron chi connectivity index (χ3n) is 3.17. The summed E-state index contributed by atoms with van der Waals surface area (Å²) in [6, 6.07) is 0. The zero-order valence-corrected chi connectivity index (χ0v) is 11.2. The summed E-state index contributed by atoms with van der Waals surface area (Å²) in [6.07, 6.45) is 2.58. The minimum Gasteiger partial charge on any atom is -0.466 e. The zero-order chi connectivity index (χ0) is 13.4. The second-order valence-corrected chi connectivity index (χ2v) is 4.48. The molecule has 0 spiro atoms. The van der Waals surface area contributed by atoms with Gasteiger partial charge in [0.05, 0.1) is 19.1 Å². The molecule has 1 N–H and O–H groups in total. The Kier molecular flexibility index (Phi) is 6.72. The minimum absolute atomic E-state index is 0.0928. The molecule has 1 fully saturated rings. The van der Waals surface area contributed by atoms with E-state index < -0.39 is 0 Å². The van der Waals surface area contributed by atoms with Crippen molar-refractivity contribution in [3.63, 3.8) is 0 Å². The number of rotatable bonds is 7. The molecule has 5 nitrogen and oxygen atoms in total. The molecule has 0 saturated carbocycles. The molecule has 104 valence electrons. The first kappa shape index (κ1) is 15.0. The van der Waals surface area contributed by atoms with Crippen LogP contribution in [0, 0.1) is 5.92 Å². The second kappa shape index (κ2) is 8.08. The molecule has 2 unspecified atom stereocenters. The predicted molar refractivity (Wildman–Crippen MR) is 67.0 cm³/mol. The largest absolute Gasteiger partial charge is 0.466 e. The van der Waals surface area contributed by atoms with Crippen LogP contribution in [-0.2, 0) is 19.1 Å². The van der Waals surface area contributed by atoms with E-state index in [4.69, 9.17) is 9.47 Å². The van der Waals surface area contributed by atoms with E-state index in [1.165, 1.54) is 0 Å². The van der Waals surface area contributed by atoms with Crippen molar-refractivity contribution in [1.82, 2.24) is 5.32 Å². The molecular formula is C13H23NO4. The lowest BCUT2D eigenvalue weighted by Crippen LogP contribution is -2.32. The molecule has 0 aromatic heterocycles. The van der Waals surface area contributed by atoms with Crippen molar-refractivity contribution in [2.75, 3.05) is 19.8 Å². The van der Waals surface area contributed by atoms with E-state index in [1.54, 1.807) is 6.92 Å². The molecule has 1 rings (SSSR count). The van der Waals surface area contributed by atoms with E-state index >= 15 is 0 Å². The first-order valence-corrected chi connectivity index (χ1v) is 6.71. The Labute approximate surface area is 108 Å². The van der Waals surface area contributed by atoms with E-state index in [2.05, 4.69) is 12.2 Å². The maximum absolute atomic E-state index is 11.5. The van der Waals surface area contributed by atoms with Crippen LogP contribution >= 0.6 is 0 Å². The maximum atomic E-state index is 11.5. The van der Waals surface area contributed by atoms with Crippen LogP contribution in [0.2, 0.25) is 0 Å². The smallest absolute Gasteiger partial charge is 0.306 e. The average molecular weight is 257 g/mol. The first-order chi connectivity index (χ1) is 8.67. The molecule has 1 heterocycles. The molecule has 5 heteroatoms. The topological polar surface area (TPSA) is 64.6 Å². The molecule has 1 aliphatic heterocycles. The summed E-state index contributed by atoms with van der Waals surface area (Å²) >= 11 is 0. The van der Waals surface area contributed by atoms with Gasteiger partial charge in [0.1, 0.15) is 0 Å². The van der Waals surface area contributed by atoms with E-state index in [0.717, 1.165) is 19.4 Å². The Morgan fingerprint density at radius 1 is 1.33 bits per heavy atom. The molecule has 2 atom stereocenters. The summed E-state index contributed by atoms with van der Waals surface area (Å²) in [5, 5.41) is 2.86. The van der Waals surface area contributed by atoms with Gasteiger partial charge in [-0.25, -0.2) is 0 Å². The molecular weight excluding hydrogens is 234 g/mol. The van der Waals surface area contributed by atoms with Crippen LogP contribution in [0.25, 0.3) is 0 Å². The van der Waals surface area contributed by atoms with Crippen molar-refractivity contribution < 1.29 is 19.1 Å². The van der Waals surface area contributed by atoms with Crippen molar-refractivity contribution in [3.05, 3.63) is 0 Å². The molecule has 0 aromatic carbocycles. The van der Waals surface area contributed by atoms with E-state index in [1.807, 2.05) is 0 Å². The molecule has 0 bridgehead atoms. The van der Waals surface area contributed by atoms with Gasteiger partial charge in [0.15, 0.2) is 0 Å². The van der Waals surface area contributed by atoms with Crippen LogP contribution in [0.1, 0.15) is 39.5 Å². The highest BCUT2D eigenvalue weighted by molar-refractivity contribution is 5.81. The Morgan fingerprint density at radius 3 is 2.78 bits per heavy atom. The highest BCUT2D eigenvalue weighted by atomic mass is 16.5. The molecule has 1 saturated heterocycles. The van der Waals surface area contributed by atoms with Gasteiger partial charge in [-0.2, -0.15) is 0 Å². The summed E-state index contributed by atoms with van der Waals surface area (Å²) in [6.45, 7) is 5.62. The normalized spacial score (nSPS) is 22.8. The van der Waals surface area contributed by atoms with E-state index in [-0.39, 0.29) is 30.8 Å². The van der Waals surface area contributed by atoms with Crippen LogP contribution in [-0.4, -0.2) is 37.7 Å². The highest BCUT2D eigenvalue weighted by Crippen LogP contribution is 2.22. The standard InChI is InChI=1S/C13H23NO4/c1-3-11-10(7-8-18-11)9-14-12(15)5-6-13(16)17-4-2/h10-11H,3-9H2,1-2H3,(H,14,15). The van der Waals surface area contributed by atoms with Crippen LogP contribution in [0.4, 0.5) is 0 Å². The molecule has 18 heavy (non-hydrogen) atoms. The zero-order valence-electron chi connectivity index (χ0n) is 11.2. The van der Waals surface area contributed by atoms with Gasteiger partial charge in [0.2, 0.25) is 5.91 Å². The molecule has 1 aliphatic rings. The van der Waals surface area contributed by atoms with Gasteiger partial charge in [-0.3, -0.25) is 9.59 Å². The quantitative estimate of drug-likeness (QED) is 0.697. The van der Waals surface area contributed by atoms with Gasteiger partial charge in [0, 0.05) is 25.5 Å². The summed E-state index contributed by atoms with van der Waals surface area (Å²) in [4.78, 5) is 22.6. The van der Waals surface area contributed by atoms with Crippen molar-refractivity contribution in [2.45, 2.75) is 45.6 Å². The second-order valence-electron chi connectivity index (χ2n) is 4.48. The number of carbonyl (C=O) groups excluding carboxylic acids is 2. The Balaban J connectivity index is 2.15. The van der Waals surface area contributed by atoms with Crippen molar-refractivity contribution in [2.24, 2.45) is 5.92 Å². The Bertz CT molecular complexity index is 280. The summed E-state index contributed by atoms with van der Waals surface area (Å²) < 4.78 is 10.3. The summed E-state index contributed by atoms with van der Waals surface area (Å²) in [7, 11) is 0. The summed E-state index contributed by atoms with van der Waals surface area (Å²) in [5.41, 5.74) is 0. The number of nitrogens with one attached hydrogen (secondary N) is 1. The predicted octanol–water partition coefficient (Wildman–Crippen LogP) is 1.26. The van der Waals surface area contributed by atoms with Crippen molar-refractivity contribution in [1.29, 1.82) is 0 Å². The van der Waals surface area contributed by atoms with Gasteiger partial charge in [-0.05, 0) is 19.8 Å². The van der Waals surface area contributed by atoms with Crippen molar-refractivity contribution in [3.8, 4) is 0 Å². The molecule has 0 aromatic rings. The SMILES string of the molecule is CCOC(=O)CCC(=O)NCC1CCOC1CC. The fraction of sp³-hybridized carbons (Fsp3) is 0.846. The fourth-order valence-corrected chi connectivity index (χ4v) is 2.16. The van der Waals surface area contributed by atoms with Gasteiger partial charge in [-0.1, -0.05) is 6.92 Å². The van der Waals surface area contributed by atoms with E-state index in [0.29, 0.717) is 19.1 Å². The van der Waals surface area contributed by atoms with Gasteiger partial charge in [0.25, 0.3) is 0 Å². The van der Waals surface area contributed by atoms with Gasteiger partial charge in [-0.15, -0.1) is 0 Å².